The van der Waals surface area contributed by atoms with Crippen LogP contribution in [0.25, 0.3) is 0 Å². The molecule has 0 unspecified atom stereocenters. The average Bonchev–Trinajstić information content (AvgIpc) is 2.19. The molecule has 0 heterocycles. The molecule has 0 radical (unpaired) electrons. The average molecular weight is 195 g/mol. The van der Waals surface area contributed by atoms with Crippen molar-refractivity contribution in [2.24, 2.45) is 16.9 Å². The summed E-state index contributed by atoms with van der Waals surface area (Å²) in [7, 11) is 4.34. The smallest absolute Gasteiger partial charge is 0.0462 e. The van der Waals surface area contributed by atoms with Gasteiger partial charge in [-0.2, -0.15) is 5.10 Å². The maximum absolute atomic E-state index is 5.02. The van der Waals surface area contributed by atoms with Gasteiger partial charge in [0.25, 0.3) is 0 Å². The van der Waals surface area contributed by atoms with Gasteiger partial charge in [-0.1, -0.05) is 6.08 Å². The highest BCUT2D eigenvalue weighted by Gasteiger charge is 2.20. The molecule has 0 amide bonds. The van der Waals surface area contributed by atoms with Gasteiger partial charge in [0, 0.05) is 12.3 Å². The summed E-state index contributed by atoms with van der Waals surface area (Å²) < 4.78 is 0. The van der Waals surface area contributed by atoms with Gasteiger partial charge < -0.3 is 10.7 Å². The SMILES string of the molecule is CN(C)C1CCC(C=CC=NN)CC1. The molecule has 1 aliphatic rings. The summed E-state index contributed by atoms with van der Waals surface area (Å²) in [5.74, 6) is 5.74. The maximum Gasteiger partial charge on any atom is 0.0462 e. The largest absolute Gasteiger partial charge is 0.323 e. The Morgan fingerprint density at radius 2 is 1.86 bits per heavy atom. The second kappa shape index (κ2) is 5.81. The Labute approximate surface area is 86.7 Å². The Morgan fingerprint density at radius 3 is 2.36 bits per heavy atom. The highest BCUT2D eigenvalue weighted by molar-refractivity contribution is 5.70. The van der Waals surface area contributed by atoms with Crippen LogP contribution in [0.1, 0.15) is 25.7 Å². The lowest BCUT2D eigenvalue weighted by Gasteiger charge is -2.31. The van der Waals surface area contributed by atoms with Gasteiger partial charge in [0.2, 0.25) is 0 Å². The fourth-order valence-electron chi connectivity index (χ4n) is 2.07. The first kappa shape index (κ1) is 11.2. The molecule has 1 fully saturated rings. The highest BCUT2D eigenvalue weighted by atomic mass is 15.1. The van der Waals surface area contributed by atoms with Gasteiger partial charge in [-0.05, 0) is 51.8 Å². The highest BCUT2D eigenvalue weighted by Crippen LogP contribution is 2.27. The third-order valence-electron chi connectivity index (χ3n) is 3.03. The molecule has 0 spiro atoms. The van der Waals surface area contributed by atoms with Crippen LogP contribution in [0.15, 0.2) is 17.3 Å². The quantitative estimate of drug-likeness (QED) is 0.422. The number of hydrogen-bond acceptors (Lipinski definition) is 3. The molecule has 0 aromatic heterocycles. The molecule has 1 rings (SSSR count). The van der Waals surface area contributed by atoms with E-state index in [1.165, 1.54) is 25.7 Å². The van der Waals surface area contributed by atoms with Gasteiger partial charge in [0.05, 0.1) is 0 Å². The van der Waals surface area contributed by atoms with Crippen molar-refractivity contribution in [2.75, 3.05) is 14.1 Å². The van der Waals surface area contributed by atoms with Crippen LogP contribution in [0.3, 0.4) is 0 Å². The van der Waals surface area contributed by atoms with Crippen molar-refractivity contribution in [3.8, 4) is 0 Å². The normalized spacial score (nSPS) is 29.4. The number of nitrogens with zero attached hydrogens (tertiary/aromatic N) is 2. The number of nitrogens with two attached hydrogens (primary N) is 1. The van der Waals surface area contributed by atoms with Gasteiger partial charge in [0.1, 0.15) is 0 Å². The summed E-state index contributed by atoms with van der Waals surface area (Å²) in [4.78, 5) is 2.33. The lowest BCUT2D eigenvalue weighted by molar-refractivity contribution is 0.209. The molecule has 0 saturated heterocycles. The fourth-order valence-corrected chi connectivity index (χ4v) is 2.07. The number of hydrogen-bond donors (Lipinski definition) is 1. The minimum Gasteiger partial charge on any atom is -0.323 e. The van der Waals surface area contributed by atoms with E-state index in [0.717, 1.165) is 12.0 Å². The molecule has 0 aliphatic heterocycles. The first-order valence-electron chi connectivity index (χ1n) is 5.30. The van der Waals surface area contributed by atoms with Crippen molar-refractivity contribution in [3.63, 3.8) is 0 Å². The Hall–Kier alpha value is -0.830. The molecule has 80 valence electrons. The van der Waals surface area contributed by atoms with E-state index in [1.54, 1.807) is 6.21 Å². The molecule has 14 heavy (non-hydrogen) atoms. The predicted molar refractivity (Wildman–Crippen MR) is 61.3 cm³/mol. The van der Waals surface area contributed by atoms with Crippen molar-refractivity contribution in [3.05, 3.63) is 12.2 Å². The standard InChI is InChI=1S/C11H21N3/c1-14(2)11-7-5-10(6-8-11)4-3-9-13-12/h3-4,9-11H,5-8,12H2,1-2H3. The van der Waals surface area contributed by atoms with Crippen LogP contribution in [0, 0.1) is 5.92 Å². The van der Waals surface area contributed by atoms with E-state index in [9.17, 15) is 0 Å². The van der Waals surface area contributed by atoms with Crippen LogP contribution >= 0.6 is 0 Å². The molecule has 1 saturated carbocycles. The van der Waals surface area contributed by atoms with Crippen LogP contribution in [-0.2, 0) is 0 Å². The van der Waals surface area contributed by atoms with Crippen molar-refractivity contribution in [1.29, 1.82) is 0 Å². The van der Waals surface area contributed by atoms with Gasteiger partial charge in [-0.25, -0.2) is 0 Å². The second-order valence-electron chi connectivity index (χ2n) is 4.22. The molecule has 1 aliphatic carbocycles. The summed E-state index contributed by atoms with van der Waals surface area (Å²) in [6.45, 7) is 0. The minimum atomic E-state index is 0.726. The van der Waals surface area contributed by atoms with E-state index in [2.05, 4.69) is 30.2 Å². The Kier molecular flexibility index (Phi) is 4.66. The monoisotopic (exact) mass is 195 g/mol. The summed E-state index contributed by atoms with van der Waals surface area (Å²) in [5, 5.41) is 3.44. The van der Waals surface area contributed by atoms with Crippen LogP contribution in [0.2, 0.25) is 0 Å². The van der Waals surface area contributed by atoms with E-state index >= 15 is 0 Å². The fraction of sp³-hybridized carbons (Fsp3) is 0.727. The van der Waals surface area contributed by atoms with Crippen molar-refractivity contribution in [1.82, 2.24) is 4.90 Å². The van der Waals surface area contributed by atoms with Crippen molar-refractivity contribution in [2.45, 2.75) is 31.7 Å². The molecule has 3 heteroatoms. The number of rotatable bonds is 3. The van der Waals surface area contributed by atoms with Crippen molar-refractivity contribution < 1.29 is 0 Å². The molecule has 0 bridgehead atoms. The van der Waals surface area contributed by atoms with Crippen LogP contribution in [-0.4, -0.2) is 31.3 Å². The van der Waals surface area contributed by atoms with E-state index in [0.29, 0.717) is 0 Å². The lowest BCUT2D eigenvalue weighted by atomic mass is 9.85. The molecule has 0 aromatic carbocycles. The Balaban J connectivity index is 2.28. The first-order valence-corrected chi connectivity index (χ1v) is 5.30. The zero-order valence-corrected chi connectivity index (χ0v) is 9.19. The van der Waals surface area contributed by atoms with E-state index < -0.39 is 0 Å². The topological polar surface area (TPSA) is 41.6 Å². The summed E-state index contributed by atoms with van der Waals surface area (Å²) in [6, 6.07) is 0.780. The second-order valence-corrected chi connectivity index (χ2v) is 4.22. The molecule has 3 nitrogen and oxygen atoms in total. The first-order chi connectivity index (χ1) is 6.74. The molecular formula is C11H21N3. The van der Waals surface area contributed by atoms with Gasteiger partial charge >= 0.3 is 0 Å². The molecule has 2 N–H and O–H groups in total. The van der Waals surface area contributed by atoms with Crippen LogP contribution < -0.4 is 5.84 Å². The van der Waals surface area contributed by atoms with E-state index in [4.69, 9.17) is 5.84 Å². The molecule has 0 aromatic rings. The van der Waals surface area contributed by atoms with Crippen LogP contribution in [0.5, 0.6) is 0 Å². The van der Waals surface area contributed by atoms with Gasteiger partial charge in [0.15, 0.2) is 0 Å². The van der Waals surface area contributed by atoms with E-state index in [1.807, 2.05) is 6.08 Å². The lowest BCUT2D eigenvalue weighted by Crippen LogP contribution is -2.31. The zero-order chi connectivity index (χ0) is 10.4. The predicted octanol–water partition coefficient (Wildman–Crippen LogP) is 1.61. The summed E-state index contributed by atoms with van der Waals surface area (Å²) >= 11 is 0. The van der Waals surface area contributed by atoms with Crippen molar-refractivity contribution >= 4 is 6.21 Å². The maximum atomic E-state index is 5.02. The van der Waals surface area contributed by atoms with Crippen LogP contribution in [0.4, 0.5) is 0 Å². The zero-order valence-electron chi connectivity index (χ0n) is 9.19. The number of allylic oxidation sites excluding steroid dienone is 2. The molecule has 0 atom stereocenters. The Bertz CT molecular complexity index is 201. The molecular weight excluding hydrogens is 174 g/mol. The van der Waals surface area contributed by atoms with Gasteiger partial charge in [-0.15, -0.1) is 0 Å². The van der Waals surface area contributed by atoms with E-state index in [-0.39, 0.29) is 0 Å². The summed E-state index contributed by atoms with van der Waals surface area (Å²) in [5.41, 5.74) is 0. The third-order valence-corrected chi connectivity index (χ3v) is 3.03. The Morgan fingerprint density at radius 1 is 1.21 bits per heavy atom. The summed E-state index contributed by atoms with van der Waals surface area (Å²) in [6.07, 6.45) is 11.0. The minimum absolute atomic E-state index is 0.726. The van der Waals surface area contributed by atoms with Gasteiger partial charge in [-0.3, -0.25) is 0 Å². The number of hydrazone groups is 1. The third kappa shape index (κ3) is 3.50.